The molecular weight excluding hydrogens is 446 g/mol. The molecule has 4 nitrogen and oxygen atoms in total. The summed E-state index contributed by atoms with van der Waals surface area (Å²) < 4.78 is 4.92. The number of carbonyl (C=O) groups is 1. The highest BCUT2D eigenvalue weighted by Gasteiger charge is 2.36. The third kappa shape index (κ3) is 5.41. The highest BCUT2D eigenvalue weighted by atomic mass is 35.5. The maximum absolute atomic E-state index is 12.2. The molecule has 34 heavy (non-hydrogen) atoms. The largest absolute Gasteiger partial charge is 0.468 e. The highest BCUT2D eigenvalue weighted by molar-refractivity contribution is 6.32. The molecule has 0 bridgehead atoms. The Morgan fingerprint density at radius 1 is 1.09 bits per heavy atom. The topological polar surface area (TPSA) is 49.8 Å². The fourth-order valence-corrected chi connectivity index (χ4v) is 4.90. The van der Waals surface area contributed by atoms with Gasteiger partial charge in [-0.25, -0.2) is 0 Å². The minimum Gasteiger partial charge on any atom is -0.468 e. The number of halogens is 1. The smallest absolute Gasteiger partial charge is 0.325 e. The zero-order valence-electron chi connectivity index (χ0n) is 19.6. The molecule has 1 saturated heterocycles. The number of nitrogens with zero attached hydrogens (tertiary/aromatic N) is 1. The van der Waals surface area contributed by atoms with E-state index >= 15 is 0 Å². The van der Waals surface area contributed by atoms with E-state index in [-0.39, 0.29) is 0 Å². The van der Waals surface area contributed by atoms with E-state index < -0.39 is 18.1 Å². The molecule has 2 atom stereocenters. The summed E-state index contributed by atoms with van der Waals surface area (Å²) in [5.41, 5.74) is 6.70. The number of rotatable bonds is 6. The van der Waals surface area contributed by atoms with Crippen molar-refractivity contribution in [2.45, 2.75) is 38.5 Å². The molecule has 3 aromatic rings. The van der Waals surface area contributed by atoms with Gasteiger partial charge in [0.2, 0.25) is 0 Å². The first-order valence-electron chi connectivity index (χ1n) is 11.6. The minimum atomic E-state index is -0.714. The van der Waals surface area contributed by atoms with Gasteiger partial charge in [0.15, 0.2) is 0 Å². The molecular formula is C29H30ClNO3. The molecule has 1 aliphatic heterocycles. The van der Waals surface area contributed by atoms with Crippen molar-refractivity contribution < 1.29 is 14.6 Å². The first-order chi connectivity index (χ1) is 16.5. The van der Waals surface area contributed by atoms with Crippen LogP contribution in [0.15, 0.2) is 66.7 Å². The first-order valence-corrected chi connectivity index (χ1v) is 12.0. The number of hydrogen-bond donors (Lipinski definition) is 1. The molecule has 1 aliphatic rings. The monoisotopic (exact) mass is 475 g/mol. The Morgan fingerprint density at radius 2 is 1.85 bits per heavy atom. The van der Waals surface area contributed by atoms with E-state index in [2.05, 4.69) is 55.5 Å². The lowest BCUT2D eigenvalue weighted by molar-refractivity contribution is -0.154. The van der Waals surface area contributed by atoms with Crippen molar-refractivity contribution in [2.75, 3.05) is 13.7 Å². The molecule has 0 spiro atoms. The van der Waals surface area contributed by atoms with E-state index in [4.69, 9.17) is 16.3 Å². The zero-order chi connectivity index (χ0) is 24.1. The number of aliphatic hydroxyl groups is 1. The molecule has 4 rings (SSSR count). The molecule has 0 radical (unpaired) electrons. The fraction of sp³-hybridized carbons (Fsp3) is 0.276. The number of hydrogen-bond acceptors (Lipinski definition) is 4. The number of likely N-dealkylation sites (tertiary alicyclic amines) is 1. The molecule has 1 heterocycles. The second-order valence-corrected chi connectivity index (χ2v) is 9.13. The molecule has 3 aromatic carbocycles. The number of methoxy groups -OCH3 is 1. The number of esters is 1. The third-order valence-electron chi connectivity index (χ3n) is 6.50. The molecule has 0 amide bonds. The summed E-state index contributed by atoms with van der Waals surface area (Å²) in [6, 6.07) is 22.0. The fourth-order valence-electron chi connectivity index (χ4n) is 4.63. The van der Waals surface area contributed by atoms with E-state index in [1.807, 2.05) is 35.2 Å². The second-order valence-electron chi connectivity index (χ2n) is 8.72. The maximum Gasteiger partial charge on any atom is 0.325 e. The average molecular weight is 476 g/mol. The van der Waals surface area contributed by atoms with E-state index in [1.54, 1.807) is 0 Å². The summed E-state index contributed by atoms with van der Waals surface area (Å²) >= 11 is 6.62. The molecule has 0 saturated carbocycles. The van der Waals surface area contributed by atoms with Crippen LogP contribution in [0.25, 0.3) is 23.3 Å². The number of ether oxygens (including phenoxy) is 1. The van der Waals surface area contributed by atoms with Crippen LogP contribution in [0.2, 0.25) is 5.02 Å². The van der Waals surface area contributed by atoms with Crippen molar-refractivity contribution in [2.24, 2.45) is 0 Å². The lowest BCUT2D eigenvalue weighted by Gasteiger charge is -2.37. The SMILES string of the molecule is COC(=O)C1C(O)CCCN1Cc1ccc(C=Cc2cccc(-c3ccccc3)c2C)c(Cl)c1. The summed E-state index contributed by atoms with van der Waals surface area (Å²) in [5, 5.41) is 11.0. The Kier molecular flexibility index (Phi) is 7.84. The Bertz CT molecular complexity index is 1180. The van der Waals surface area contributed by atoms with Gasteiger partial charge < -0.3 is 9.84 Å². The first kappa shape index (κ1) is 24.2. The minimum absolute atomic E-state index is 0.397. The number of carbonyl (C=O) groups excluding carboxylic acids is 1. The zero-order valence-corrected chi connectivity index (χ0v) is 20.3. The molecule has 0 aromatic heterocycles. The number of benzene rings is 3. The summed E-state index contributed by atoms with van der Waals surface area (Å²) in [5.74, 6) is -0.397. The third-order valence-corrected chi connectivity index (χ3v) is 6.83. The molecule has 1 fully saturated rings. The van der Waals surface area contributed by atoms with Gasteiger partial charge in [-0.2, -0.15) is 0 Å². The van der Waals surface area contributed by atoms with Crippen LogP contribution in [-0.2, 0) is 16.1 Å². The summed E-state index contributed by atoms with van der Waals surface area (Å²) in [6.45, 7) is 3.39. The molecule has 5 heteroatoms. The Balaban J connectivity index is 1.52. The Morgan fingerprint density at radius 3 is 2.59 bits per heavy atom. The number of piperidine rings is 1. The van der Waals surface area contributed by atoms with Gasteiger partial charge >= 0.3 is 5.97 Å². The van der Waals surface area contributed by atoms with Crippen molar-refractivity contribution >= 4 is 29.7 Å². The van der Waals surface area contributed by atoms with Gasteiger partial charge in [0.25, 0.3) is 0 Å². The molecule has 2 unspecified atom stereocenters. The van der Waals surface area contributed by atoms with Crippen molar-refractivity contribution in [3.63, 3.8) is 0 Å². The quantitative estimate of drug-likeness (QED) is 0.351. The van der Waals surface area contributed by atoms with Crippen LogP contribution in [0.4, 0.5) is 0 Å². The van der Waals surface area contributed by atoms with Crippen molar-refractivity contribution in [1.82, 2.24) is 4.90 Å². The van der Waals surface area contributed by atoms with Gasteiger partial charge in [-0.15, -0.1) is 0 Å². The van der Waals surface area contributed by atoms with Crippen LogP contribution in [0, 0.1) is 6.92 Å². The van der Waals surface area contributed by atoms with E-state index in [0.717, 1.165) is 29.7 Å². The summed E-state index contributed by atoms with van der Waals surface area (Å²) in [7, 11) is 1.36. The second kappa shape index (κ2) is 11.0. The van der Waals surface area contributed by atoms with Crippen molar-refractivity contribution in [1.29, 1.82) is 0 Å². The molecule has 176 valence electrons. The van der Waals surface area contributed by atoms with Crippen LogP contribution in [0.5, 0.6) is 0 Å². The predicted molar refractivity (Wildman–Crippen MR) is 138 cm³/mol. The van der Waals surface area contributed by atoms with Crippen LogP contribution >= 0.6 is 11.6 Å². The van der Waals surface area contributed by atoms with Crippen LogP contribution < -0.4 is 0 Å². The normalized spacial score (nSPS) is 18.8. The Labute approximate surface area is 206 Å². The van der Waals surface area contributed by atoms with Gasteiger partial charge in [-0.1, -0.05) is 84.4 Å². The van der Waals surface area contributed by atoms with E-state index in [0.29, 0.717) is 18.0 Å². The molecule has 0 aliphatic carbocycles. The van der Waals surface area contributed by atoms with Crippen LogP contribution in [-0.4, -0.2) is 41.8 Å². The van der Waals surface area contributed by atoms with Gasteiger partial charge in [-0.05, 0) is 65.8 Å². The predicted octanol–water partition coefficient (Wildman–Crippen LogP) is 5.98. The van der Waals surface area contributed by atoms with E-state index in [1.165, 1.54) is 23.8 Å². The summed E-state index contributed by atoms with van der Waals surface area (Å²) in [6.07, 6.45) is 4.85. The lowest BCUT2D eigenvalue weighted by atomic mass is 9.96. The maximum atomic E-state index is 12.2. The summed E-state index contributed by atoms with van der Waals surface area (Å²) in [4.78, 5) is 14.2. The highest BCUT2D eigenvalue weighted by Crippen LogP contribution is 2.28. The van der Waals surface area contributed by atoms with Crippen molar-refractivity contribution in [3.8, 4) is 11.1 Å². The van der Waals surface area contributed by atoms with Crippen LogP contribution in [0.3, 0.4) is 0 Å². The van der Waals surface area contributed by atoms with Gasteiger partial charge in [0.05, 0.1) is 13.2 Å². The van der Waals surface area contributed by atoms with Gasteiger partial charge in [-0.3, -0.25) is 9.69 Å². The van der Waals surface area contributed by atoms with Gasteiger partial charge in [0, 0.05) is 11.6 Å². The van der Waals surface area contributed by atoms with Gasteiger partial charge in [0.1, 0.15) is 6.04 Å². The standard InChI is InChI=1S/C29H30ClNO3/c1-20-22(10-6-11-25(20)23-8-4-3-5-9-23)15-16-24-14-13-21(18-26(24)30)19-31-17-7-12-27(32)28(31)29(33)34-2/h3-6,8-11,13-16,18,27-28,32H,7,12,17,19H2,1-2H3. The van der Waals surface area contributed by atoms with Crippen molar-refractivity contribution in [3.05, 3.63) is 94.0 Å². The van der Waals surface area contributed by atoms with Crippen LogP contribution in [0.1, 0.15) is 35.1 Å². The Hall–Kier alpha value is -2.92. The lowest BCUT2D eigenvalue weighted by Crippen LogP contribution is -2.52. The van der Waals surface area contributed by atoms with E-state index in [9.17, 15) is 9.90 Å². The average Bonchev–Trinajstić information content (AvgIpc) is 2.84. The molecule has 1 N–H and O–H groups in total. The number of aliphatic hydroxyl groups excluding tert-OH is 1.